The minimum Gasteiger partial charge on any atom is -0.378 e. The first-order valence-electron chi connectivity index (χ1n) is 9.09. The molecule has 1 atom stereocenters. The number of aromatic nitrogens is 3. The van der Waals surface area contributed by atoms with Gasteiger partial charge in [0, 0.05) is 19.0 Å². The quantitative estimate of drug-likeness (QED) is 0.766. The SMILES string of the molecule is CC(NC(=O)c1c[nH]c2c1nc(C1CC1)c[n+]2C)C(=O)N1CCOCC1. The summed E-state index contributed by atoms with van der Waals surface area (Å²) in [5.74, 6) is 0.128. The van der Waals surface area contributed by atoms with Crippen molar-refractivity contribution in [1.29, 1.82) is 0 Å². The van der Waals surface area contributed by atoms with Gasteiger partial charge < -0.3 is 15.0 Å². The number of nitrogens with one attached hydrogen (secondary N) is 2. The topological polar surface area (TPSA) is 91.2 Å². The Morgan fingerprint density at radius 2 is 2.12 bits per heavy atom. The molecule has 3 heterocycles. The molecule has 8 nitrogen and oxygen atoms in total. The summed E-state index contributed by atoms with van der Waals surface area (Å²) in [5.41, 5.74) is 2.94. The highest BCUT2D eigenvalue weighted by Gasteiger charge is 2.30. The number of aryl methyl sites for hydroxylation is 1. The number of nitrogens with zero attached hydrogens (tertiary/aromatic N) is 3. The lowest BCUT2D eigenvalue weighted by Gasteiger charge is -2.29. The van der Waals surface area contributed by atoms with Gasteiger partial charge in [-0.25, -0.2) is 14.5 Å². The summed E-state index contributed by atoms with van der Waals surface area (Å²) in [6.45, 7) is 3.93. The van der Waals surface area contributed by atoms with Gasteiger partial charge in [0.2, 0.25) is 5.91 Å². The third-order valence-corrected chi connectivity index (χ3v) is 5.03. The summed E-state index contributed by atoms with van der Waals surface area (Å²) < 4.78 is 7.24. The van der Waals surface area contributed by atoms with E-state index in [2.05, 4.69) is 10.3 Å². The number of aromatic amines is 1. The second-order valence-corrected chi connectivity index (χ2v) is 7.08. The van der Waals surface area contributed by atoms with Crippen LogP contribution in [0.5, 0.6) is 0 Å². The van der Waals surface area contributed by atoms with Crippen molar-refractivity contribution >= 4 is 23.0 Å². The molecule has 2 amide bonds. The molecule has 4 rings (SSSR count). The zero-order valence-corrected chi connectivity index (χ0v) is 15.1. The van der Waals surface area contributed by atoms with Gasteiger partial charge in [0.05, 0.1) is 26.0 Å². The molecule has 1 saturated heterocycles. The highest BCUT2D eigenvalue weighted by molar-refractivity contribution is 6.05. The van der Waals surface area contributed by atoms with Crippen molar-refractivity contribution in [3.8, 4) is 0 Å². The van der Waals surface area contributed by atoms with Gasteiger partial charge in [0.15, 0.2) is 5.52 Å². The smallest absolute Gasteiger partial charge is 0.306 e. The molecule has 1 unspecified atom stereocenters. The van der Waals surface area contributed by atoms with Crippen LogP contribution in [0.25, 0.3) is 11.2 Å². The van der Waals surface area contributed by atoms with Crippen LogP contribution in [0.4, 0.5) is 0 Å². The molecule has 0 bridgehead atoms. The molecule has 1 saturated carbocycles. The molecule has 0 spiro atoms. The highest BCUT2D eigenvalue weighted by Crippen LogP contribution is 2.38. The fourth-order valence-corrected chi connectivity index (χ4v) is 3.35. The molecular weight excluding hydrogens is 334 g/mol. The standard InChI is InChI=1S/C18H23N5O3/c1-11(18(25)23-5-7-26-8-6-23)20-17(24)13-9-19-16-15(13)21-14(10-22(16)2)12-3-4-12/h9-12H,3-8H2,1-2H3,(H,20,24)/p+1. The molecule has 26 heavy (non-hydrogen) atoms. The molecule has 2 aromatic heterocycles. The molecule has 0 radical (unpaired) electrons. The molecule has 2 aliphatic rings. The Hall–Kier alpha value is -2.48. The Bertz CT molecular complexity index is 852. The van der Waals surface area contributed by atoms with E-state index in [0.29, 0.717) is 43.3 Å². The van der Waals surface area contributed by atoms with Crippen LogP contribution >= 0.6 is 0 Å². The molecule has 2 fully saturated rings. The van der Waals surface area contributed by atoms with E-state index >= 15 is 0 Å². The van der Waals surface area contributed by atoms with Gasteiger partial charge in [-0.2, -0.15) is 0 Å². The summed E-state index contributed by atoms with van der Waals surface area (Å²) >= 11 is 0. The van der Waals surface area contributed by atoms with Crippen LogP contribution in [0.15, 0.2) is 12.4 Å². The third kappa shape index (κ3) is 3.16. The van der Waals surface area contributed by atoms with Gasteiger partial charge in [0.1, 0.15) is 24.0 Å². The molecular formula is C18H24N5O3+. The number of fused-ring (bicyclic) bond motifs is 1. The molecule has 2 aromatic rings. The van der Waals surface area contributed by atoms with Crippen molar-refractivity contribution in [3.63, 3.8) is 0 Å². The summed E-state index contributed by atoms with van der Waals surface area (Å²) in [5, 5.41) is 2.82. The van der Waals surface area contributed by atoms with E-state index in [1.54, 1.807) is 18.0 Å². The van der Waals surface area contributed by atoms with Crippen LogP contribution in [-0.2, 0) is 16.6 Å². The Morgan fingerprint density at radius 3 is 2.81 bits per heavy atom. The fraction of sp³-hybridized carbons (Fsp3) is 0.556. The number of rotatable bonds is 4. The zero-order valence-electron chi connectivity index (χ0n) is 15.1. The molecule has 138 valence electrons. The van der Waals surface area contributed by atoms with Crippen molar-refractivity contribution in [3.05, 3.63) is 23.7 Å². The molecule has 2 N–H and O–H groups in total. The molecule has 0 aromatic carbocycles. The van der Waals surface area contributed by atoms with Gasteiger partial charge in [0.25, 0.3) is 5.91 Å². The van der Waals surface area contributed by atoms with Crippen molar-refractivity contribution in [2.45, 2.75) is 31.7 Å². The van der Waals surface area contributed by atoms with Crippen LogP contribution in [0, 0.1) is 0 Å². The average molecular weight is 358 g/mol. The van der Waals surface area contributed by atoms with E-state index in [-0.39, 0.29) is 11.8 Å². The van der Waals surface area contributed by atoms with Crippen LogP contribution in [0.2, 0.25) is 0 Å². The van der Waals surface area contributed by atoms with Crippen molar-refractivity contribution in [1.82, 2.24) is 20.2 Å². The highest BCUT2D eigenvalue weighted by atomic mass is 16.5. The van der Waals surface area contributed by atoms with Gasteiger partial charge >= 0.3 is 5.65 Å². The first-order chi connectivity index (χ1) is 12.5. The van der Waals surface area contributed by atoms with Gasteiger partial charge in [-0.05, 0) is 19.8 Å². The van der Waals surface area contributed by atoms with E-state index in [1.165, 1.54) is 0 Å². The van der Waals surface area contributed by atoms with E-state index in [4.69, 9.17) is 9.72 Å². The van der Waals surface area contributed by atoms with Gasteiger partial charge in [-0.3, -0.25) is 9.59 Å². The number of amides is 2. The summed E-state index contributed by atoms with van der Waals surface area (Å²) in [7, 11) is 1.94. The van der Waals surface area contributed by atoms with Crippen LogP contribution in [-0.4, -0.2) is 59.0 Å². The van der Waals surface area contributed by atoms with E-state index in [0.717, 1.165) is 24.2 Å². The number of carbonyl (C=O) groups is 2. The van der Waals surface area contributed by atoms with Crippen molar-refractivity contribution < 1.29 is 18.9 Å². The monoisotopic (exact) mass is 358 g/mol. The van der Waals surface area contributed by atoms with Gasteiger partial charge in [-0.1, -0.05) is 0 Å². The van der Waals surface area contributed by atoms with Crippen LogP contribution in [0.3, 0.4) is 0 Å². The molecule has 8 heteroatoms. The van der Waals surface area contributed by atoms with E-state index in [9.17, 15) is 9.59 Å². The minimum absolute atomic E-state index is 0.0846. The summed E-state index contributed by atoms with van der Waals surface area (Å²) in [6.07, 6.45) is 5.98. The number of hydrogen-bond acceptors (Lipinski definition) is 4. The number of morpholine rings is 1. The number of ether oxygens (including phenoxy) is 1. The number of carbonyl (C=O) groups excluding carboxylic acids is 2. The zero-order chi connectivity index (χ0) is 18.3. The maximum atomic E-state index is 12.7. The maximum Gasteiger partial charge on any atom is 0.306 e. The van der Waals surface area contributed by atoms with Crippen LogP contribution < -0.4 is 9.88 Å². The maximum absolute atomic E-state index is 12.7. The second-order valence-electron chi connectivity index (χ2n) is 7.08. The lowest BCUT2D eigenvalue weighted by Crippen LogP contribution is -2.50. The Balaban J connectivity index is 1.53. The largest absolute Gasteiger partial charge is 0.378 e. The second kappa shape index (κ2) is 6.68. The van der Waals surface area contributed by atoms with Gasteiger partial charge in [-0.15, -0.1) is 0 Å². The van der Waals surface area contributed by atoms with E-state index in [1.807, 2.05) is 17.8 Å². The normalized spacial score (nSPS) is 18.8. The predicted octanol–water partition coefficient (Wildman–Crippen LogP) is 0.242. The van der Waals surface area contributed by atoms with E-state index < -0.39 is 6.04 Å². The Morgan fingerprint density at radius 1 is 1.38 bits per heavy atom. The average Bonchev–Trinajstić information content (AvgIpc) is 3.41. The lowest BCUT2D eigenvalue weighted by molar-refractivity contribution is -0.647. The summed E-state index contributed by atoms with van der Waals surface area (Å²) in [6, 6.07) is -0.592. The van der Waals surface area contributed by atoms with Crippen molar-refractivity contribution in [2.24, 2.45) is 7.05 Å². The Labute approximate surface area is 151 Å². The minimum atomic E-state index is -0.592. The molecule has 1 aliphatic carbocycles. The number of hydrogen-bond donors (Lipinski definition) is 2. The first kappa shape index (κ1) is 17.0. The van der Waals surface area contributed by atoms with Crippen LogP contribution in [0.1, 0.15) is 41.7 Å². The Kier molecular flexibility index (Phi) is 4.36. The summed E-state index contributed by atoms with van der Waals surface area (Å²) in [4.78, 5) is 34.8. The molecule has 1 aliphatic heterocycles. The predicted molar refractivity (Wildman–Crippen MR) is 93.6 cm³/mol. The lowest BCUT2D eigenvalue weighted by atomic mass is 10.2. The van der Waals surface area contributed by atoms with Crippen molar-refractivity contribution in [2.75, 3.05) is 26.3 Å². The third-order valence-electron chi connectivity index (χ3n) is 5.03. The first-order valence-corrected chi connectivity index (χ1v) is 9.09. The fourth-order valence-electron chi connectivity index (χ4n) is 3.35. The number of H-pyrrole nitrogens is 1.